The molecule has 0 spiro atoms. The van der Waals surface area contributed by atoms with E-state index >= 15 is 0 Å². The second kappa shape index (κ2) is 7.33. The minimum absolute atomic E-state index is 0.0952. The Morgan fingerprint density at radius 2 is 2.22 bits per heavy atom. The fourth-order valence-corrected chi connectivity index (χ4v) is 3.30. The van der Waals surface area contributed by atoms with Gasteiger partial charge in [0.05, 0.1) is 13.7 Å². The van der Waals surface area contributed by atoms with Crippen LogP contribution in [0.4, 0.5) is 0 Å². The first-order chi connectivity index (χ1) is 11.2. The standard InChI is InChI=1S/C18H20N2O2S/c1-22-15-7-8-17-13(11-15)10-14(20-17)12-19-18(21)6-2-4-16-5-3-9-23-16/h3,5,7-11,20H,2,4,6,12H2,1H3,(H,19,21). The van der Waals surface area contributed by atoms with Crippen molar-refractivity contribution in [3.8, 4) is 5.75 Å². The maximum absolute atomic E-state index is 11.9. The van der Waals surface area contributed by atoms with Gasteiger partial charge in [-0.3, -0.25) is 4.79 Å². The van der Waals surface area contributed by atoms with Gasteiger partial charge in [-0.15, -0.1) is 11.3 Å². The lowest BCUT2D eigenvalue weighted by Gasteiger charge is -2.03. The Morgan fingerprint density at radius 3 is 3.00 bits per heavy atom. The van der Waals surface area contributed by atoms with Crippen molar-refractivity contribution < 1.29 is 9.53 Å². The van der Waals surface area contributed by atoms with E-state index in [0.29, 0.717) is 13.0 Å². The van der Waals surface area contributed by atoms with Crippen molar-refractivity contribution in [2.45, 2.75) is 25.8 Å². The summed E-state index contributed by atoms with van der Waals surface area (Å²) in [6, 6.07) is 12.1. The van der Waals surface area contributed by atoms with E-state index in [0.717, 1.165) is 35.2 Å². The Bertz CT molecular complexity index is 778. The summed E-state index contributed by atoms with van der Waals surface area (Å²) >= 11 is 1.74. The van der Waals surface area contributed by atoms with E-state index in [1.54, 1.807) is 18.4 Å². The predicted octanol–water partition coefficient (Wildman–Crippen LogP) is 3.88. The first-order valence-corrected chi connectivity index (χ1v) is 8.57. The molecule has 2 aromatic heterocycles. The zero-order chi connectivity index (χ0) is 16.1. The highest BCUT2D eigenvalue weighted by Gasteiger charge is 2.05. The van der Waals surface area contributed by atoms with Gasteiger partial charge in [0.15, 0.2) is 0 Å². The van der Waals surface area contributed by atoms with Crippen LogP contribution in [0.1, 0.15) is 23.4 Å². The summed E-state index contributed by atoms with van der Waals surface area (Å²) < 4.78 is 5.22. The third-order valence-corrected chi connectivity index (χ3v) is 4.70. The zero-order valence-corrected chi connectivity index (χ0v) is 13.9. The molecule has 0 atom stereocenters. The molecular formula is C18H20N2O2S. The Morgan fingerprint density at radius 1 is 1.30 bits per heavy atom. The molecule has 0 bridgehead atoms. The molecule has 2 N–H and O–H groups in total. The molecule has 0 fully saturated rings. The number of aryl methyl sites for hydroxylation is 1. The molecule has 1 amide bonds. The van der Waals surface area contributed by atoms with E-state index in [1.165, 1.54) is 4.88 Å². The van der Waals surface area contributed by atoms with E-state index in [1.807, 2.05) is 30.3 Å². The molecule has 5 heteroatoms. The van der Waals surface area contributed by atoms with Gasteiger partial charge in [0.1, 0.15) is 5.75 Å². The van der Waals surface area contributed by atoms with Crippen LogP contribution in [-0.4, -0.2) is 18.0 Å². The average Bonchev–Trinajstić information content (AvgIpc) is 3.21. The number of nitrogens with one attached hydrogen (secondary N) is 2. The fourth-order valence-electron chi connectivity index (χ4n) is 2.55. The number of fused-ring (bicyclic) bond motifs is 1. The maximum atomic E-state index is 11.9. The van der Waals surface area contributed by atoms with Crippen LogP contribution < -0.4 is 10.1 Å². The number of aromatic amines is 1. The van der Waals surface area contributed by atoms with Crippen molar-refractivity contribution >= 4 is 28.1 Å². The van der Waals surface area contributed by atoms with E-state index < -0.39 is 0 Å². The fraction of sp³-hybridized carbons (Fsp3) is 0.278. The van der Waals surface area contributed by atoms with Gasteiger partial charge in [-0.05, 0) is 48.6 Å². The predicted molar refractivity (Wildman–Crippen MR) is 94.0 cm³/mol. The van der Waals surface area contributed by atoms with Gasteiger partial charge in [0, 0.05) is 27.9 Å². The van der Waals surface area contributed by atoms with Crippen molar-refractivity contribution in [1.29, 1.82) is 0 Å². The van der Waals surface area contributed by atoms with Crippen LogP contribution >= 0.6 is 11.3 Å². The summed E-state index contributed by atoms with van der Waals surface area (Å²) in [4.78, 5) is 16.6. The van der Waals surface area contributed by atoms with Gasteiger partial charge in [-0.2, -0.15) is 0 Å². The second-order valence-electron chi connectivity index (χ2n) is 5.46. The molecule has 0 radical (unpaired) electrons. The van der Waals surface area contributed by atoms with Crippen LogP contribution in [0.25, 0.3) is 10.9 Å². The molecule has 4 nitrogen and oxygen atoms in total. The number of thiophene rings is 1. The molecule has 3 rings (SSSR count). The lowest BCUT2D eigenvalue weighted by Crippen LogP contribution is -2.22. The van der Waals surface area contributed by atoms with Crippen molar-refractivity contribution in [2.24, 2.45) is 0 Å². The molecule has 0 saturated carbocycles. The first-order valence-electron chi connectivity index (χ1n) is 7.69. The molecule has 0 aliphatic rings. The van der Waals surface area contributed by atoms with Crippen LogP contribution in [0, 0.1) is 0 Å². The summed E-state index contributed by atoms with van der Waals surface area (Å²) in [6.07, 6.45) is 2.42. The smallest absolute Gasteiger partial charge is 0.220 e. The SMILES string of the molecule is COc1ccc2[nH]c(CNC(=O)CCCc3cccs3)cc2c1. The molecular weight excluding hydrogens is 308 g/mol. The second-order valence-corrected chi connectivity index (χ2v) is 6.49. The Labute approximate surface area is 139 Å². The molecule has 0 unspecified atom stereocenters. The summed E-state index contributed by atoms with van der Waals surface area (Å²) in [5.74, 6) is 0.929. The van der Waals surface area contributed by atoms with Crippen LogP contribution in [-0.2, 0) is 17.8 Å². The zero-order valence-electron chi connectivity index (χ0n) is 13.1. The quantitative estimate of drug-likeness (QED) is 0.691. The summed E-state index contributed by atoms with van der Waals surface area (Å²) in [7, 11) is 1.66. The summed E-state index contributed by atoms with van der Waals surface area (Å²) in [6.45, 7) is 0.523. The van der Waals surface area contributed by atoms with E-state index in [-0.39, 0.29) is 5.91 Å². The molecule has 0 aliphatic carbocycles. The number of carbonyl (C=O) groups excluding carboxylic acids is 1. The first kappa shape index (κ1) is 15.6. The van der Waals surface area contributed by atoms with Gasteiger partial charge in [-0.1, -0.05) is 6.07 Å². The number of hydrogen-bond donors (Lipinski definition) is 2. The molecule has 23 heavy (non-hydrogen) atoms. The van der Waals surface area contributed by atoms with E-state index in [9.17, 15) is 4.79 Å². The van der Waals surface area contributed by atoms with Gasteiger partial charge >= 0.3 is 0 Å². The molecule has 3 aromatic rings. The minimum Gasteiger partial charge on any atom is -0.497 e. The van der Waals surface area contributed by atoms with Crippen LogP contribution in [0.5, 0.6) is 5.75 Å². The van der Waals surface area contributed by atoms with Gasteiger partial charge in [0.25, 0.3) is 0 Å². The van der Waals surface area contributed by atoms with Crippen molar-refractivity contribution in [2.75, 3.05) is 7.11 Å². The highest BCUT2D eigenvalue weighted by atomic mass is 32.1. The van der Waals surface area contributed by atoms with Gasteiger partial charge in [0.2, 0.25) is 5.91 Å². The van der Waals surface area contributed by atoms with Crippen LogP contribution in [0.3, 0.4) is 0 Å². The molecule has 1 aromatic carbocycles. The number of H-pyrrole nitrogens is 1. The summed E-state index contributed by atoms with van der Waals surface area (Å²) in [5, 5.41) is 6.13. The number of aromatic nitrogens is 1. The van der Waals surface area contributed by atoms with E-state index in [4.69, 9.17) is 4.74 Å². The average molecular weight is 328 g/mol. The minimum atomic E-state index is 0.0952. The number of benzene rings is 1. The Balaban J connectivity index is 1.48. The van der Waals surface area contributed by atoms with E-state index in [2.05, 4.69) is 21.7 Å². The number of hydrogen-bond acceptors (Lipinski definition) is 3. The largest absolute Gasteiger partial charge is 0.497 e. The molecule has 0 saturated heterocycles. The number of ether oxygens (including phenoxy) is 1. The molecule has 120 valence electrons. The monoisotopic (exact) mass is 328 g/mol. The highest BCUT2D eigenvalue weighted by Crippen LogP contribution is 2.21. The number of amides is 1. The Hall–Kier alpha value is -2.27. The maximum Gasteiger partial charge on any atom is 0.220 e. The number of rotatable bonds is 7. The lowest BCUT2D eigenvalue weighted by atomic mass is 10.2. The van der Waals surface area contributed by atoms with Crippen LogP contribution in [0.15, 0.2) is 41.8 Å². The van der Waals surface area contributed by atoms with Crippen molar-refractivity contribution in [1.82, 2.24) is 10.3 Å². The van der Waals surface area contributed by atoms with Crippen molar-refractivity contribution in [3.63, 3.8) is 0 Å². The molecule has 2 heterocycles. The topological polar surface area (TPSA) is 54.1 Å². The van der Waals surface area contributed by atoms with Gasteiger partial charge in [-0.25, -0.2) is 0 Å². The van der Waals surface area contributed by atoms with Gasteiger partial charge < -0.3 is 15.0 Å². The lowest BCUT2D eigenvalue weighted by molar-refractivity contribution is -0.121. The third-order valence-electron chi connectivity index (χ3n) is 3.77. The molecule has 0 aliphatic heterocycles. The third kappa shape index (κ3) is 4.13. The summed E-state index contributed by atoms with van der Waals surface area (Å²) in [5.41, 5.74) is 2.05. The van der Waals surface area contributed by atoms with Crippen LogP contribution in [0.2, 0.25) is 0 Å². The number of methoxy groups -OCH3 is 1. The highest BCUT2D eigenvalue weighted by molar-refractivity contribution is 7.09. The van der Waals surface area contributed by atoms with Crippen molar-refractivity contribution in [3.05, 3.63) is 52.3 Å². The normalized spacial score (nSPS) is 10.8. The Kier molecular flexibility index (Phi) is 4.98. The number of carbonyl (C=O) groups is 1.